The Labute approximate surface area is 230 Å². The minimum atomic E-state index is -0.509. The molecule has 4 aromatic rings. The van der Waals surface area contributed by atoms with Crippen molar-refractivity contribution in [2.75, 3.05) is 0 Å². The molecule has 0 aliphatic rings. The van der Waals surface area contributed by atoms with Crippen molar-refractivity contribution < 1.29 is 9.66 Å². The van der Waals surface area contributed by atoms with E-state index in [1.54, 1.807) is 30.3 Å². The average molecular weight is 604 g/mol. The lowest BCUT2D eigenvalue weighted by Crippen LogP contribution is -2.22. The number of aryl methyl sites for hydroxylation is 1. The van der Waals surface area contributed by atoms with E-state index in [1.165, 1.54) is 29.1 Å². The lowest BCUT2D eigenvalue weighted by Gasteiger charge is -2.12. The quantitative estimate of drug-likeness (QED) is 0.115. The molecule has 0 spiro atoms. The number of nitro benzene ring substituents is 1. The molecule has 0 N–H and O–H groups in total. The highest BCUT2D eigenvalue weighted by molar-refractivity contribution is 9.10. The van der Waals surface area contributed by atoms with E-state index in [0.717, 1.165) is 17.3 Å². The third-order valence-electron chi connectivity index (χ3n) is 5.54. The lowest BCUT2D eigenvalue weighted by atomic mass is 10.2. The molecule has 190 valence electrons. The van der Waals surface area contributed by atoms with E-state index >= 15 is 0 Å². The number of nitrogens with zero attached hydrogens (tertiary/aromatic N) is 4. The maximum Gasteiger partial charge on any atom is 0.282 e. The molecule has 0 unspecified atom stereocenters. The lowest BCUT2D eigenvalue weighted by molar-refractivity contribution is -0.384. The minimum Gasteiger partial charge on any atom is -0.488 e. The van der Waals surface area contributed by atoms with Gasteiger partial charge in [-0.3, -0.25) is 14.9 Å². The van der Waals surface area contributed by atoms with E-state index in [0.29, 0.717) is 50.1 Å². The van der Waals surface area contributed by atoms with Gasteiger partial charge in [0.1, 0.15) is 18.2 Å². The maximum atomic E-state index is 13.3. The first-order valence-corrected chi connectivity index (χ1v) is 12.9. The smallest absolute Gasteiger partial charge is 0.282 e. The summed E-state index contributed by atoms with van der Waals surface area (Å²) in [6.07, 6.45) is 3.64. The number of hydrogen-bond acceptors (Lipinski definition) is 6. The zero-order chi connectivity index (χ0) is 26.5. The van der Waals surface area contributed by atoms with E-state index in [9.17, 15) is 14.9 Å². The van der Waals surface area contributed by atoms with Crippen LogP contribution in [0.4, 0.5) is 5.69 Å². The second kappa shape index (κ2) is 11.9. The number of hydrogen-bond donors (Lipinski definition) is 0. The fourth-order valence-corrected chi connectivity index (χ4v) is 4.43. The summed E-state index contributed by atoms with van der Waals surface area (Å²) in [4.78, 5) is 28.9. The summed E-state index contributed by atoms with van der Waals surface area (Å²) in [6.45, 7) is 2.14. The average Bonchev–Trinajstić information content (AvgIpc) is 2.87. The summed E-state index contributed by atoms with van der Waals surface area (Å²) < 4.78 is 7.91. The van der Waals surface area contributed by atoms with Crippen LogP contribution in [0.25, 0.3) is 10.9 Å². The fraction of sp³-hybridized carbons (Fsp3) is 0.192. The molecule has 0 aliphatic heterocycles. The van der Waals surface area contributed by atoms with Crippen LogP contribution < -0.4 is 10.3 Å². The van der Waals surface area contributed by atoms with Crippen LogP contribution in [0.1, 0.15) is 36.7 Å². The molecule has 0 radical (unpaired) electrons. The van der Waals surface area contributed by atoms with Gasteiger partial charge < -0.3 is 4.74 Å². The first-order valence-electron chi connectivity index (χ1n) is 11.4. The van der Waals surface area contributed by atoms with Gasteiger partial charge in [0.2, 0.25) is 0 Å². The number of aromatic nitrogens is 2. The number of fused-ring (bicyclic) bond motifs is 1. The van der Waals surface area contributed by atoms with Crippen LogP contribution in [-0.2, 0) is 13.0 Å². The summed E-state index contributed by atoms with van der Waals surface area (Å²) >= 11 is 15.6. The standard InChI is InChI=1S/C26H21BrCl2N4O4/c1-2-3-4-25-31-23-9-6-18(27)12-21(23)26(34)32(25)30-14-17-11-20(33(35)36)8-10-24(17)37-15-16-5-7-19(28)13-22(16)29/h5-14H,2-4,15H2,1H3. The van der Waals surface area contributed by atoms with E-state index in [4.69, 9.17) is 27.9 Å². The molecule has 0 aliphatic carbocycles. The first kappa shape index (κ1) is 26.8. The highest BCUT2D eigenvalue weighted by Gasteiger charge is 2.14. The van der Waals surface area contributed by atoms with E-state index < -0.39 is 4.92 Å². The summed E-state index contributed by atoms with van der Waals surface area (Å²) in [5.74, 6) is 0.832. The number of ether oxygens (including phenoxy) is 1. The molecule has 0 atom stereocenters. The number of benzene rings is 3. The highest BCUT2D eigenvalue weighted by Crippen LogP contribution is 2.26. The maximum absolute atomic E-state index is 13.3. The number of halogens is 3. The Morgan fingerprint density at radius 2 is 1.97 bits per heavy atom. The van der Waals surface area contributed by atoms with Gasteiger partial charge in [0.25, 0.3) is 11.2 Å². The zero-order valence-electron chi connectivity index (χ0n) is 19.7. The third kappa shape index (κ3) is 6.36. The summed E-state index contributed by atoms with van der Waals surface area (Å²) in [6, 6.07) is 14.5. The molecule has 37 heavy (non-hydrogen) atoms. The normalized spacial score (nSPS) is 11.4. The van der Waals surface area contributed by atoms with Crippen LogP contribution >= 0.6 is 39.1 Å². The van der Waals surface area contributed by atoms with Crippen molar-refractivity contribution >= 4 is 61.9 Å². The molecule has 0 amide bonds. The number of rotatable bonds is 9. The molecule has 0 saturated heterocycles. The highest BCUT2D eigenvalue weighted by atomic mass is 79.9. The van der Waals surface area contributed by atoms with Gasteiger partial charge in [0, 0.05) is 44.2 Å². The van der Waals surface area contributed by atoms with Crippen LogP contribution in [0.2, 0.25) is 10.0 Å². The number of unbranched alkanes of at least 4 members (excludes halogenated alkanes) is 1. The monoisotopic (exact) mass is 602 g/mol. The molecular weight excluding hydrogens is 583 g/mol. The van der Waals surface area contributed by atoms with Crippen molar-refractivity contribution in [3.63, 3.8) is 0 Å². The summed E-state index contributed by atoms with van der Waals surface area (Å²) in [7, 11) is 0. The van der Waals surface area contributed by atoms with Gasteiger partial charge in [-0.25, -0.2) is 4.98 Å². The van der Waals surface area contributed by atoms with E-state index in [2.05, 4.69) is 26.0 Å². The van der Waals surface area contributed by atoms with Gasteiger partial charge in [0.05, 0.1) is 22.0 Å². The zero-order valence-corrected chi connectivity index (χ0v) is 22.8. The molecule has 0 saturated carbocycles. The molecule has 0 bridgehead atoms. The van der Waals surface area contributed by atoms with Crippen LogP contribution in [-0.4, -0.2) is 20.8 Å². The largest absolute Gasteiger partial charge is 0.488 e. The Hall–Kier alpha value is -3.27. The van der Waals surface area contributed by atoms with E-state index in [1.807, 2.05) is 13.0 Å². The van der Waals surface area contributed by atoms with Gasteiger partial charge in [-0.05, 0) is 42.8 Å². The van der Waals surface area contributed by atoms with Gasteiger partial charge in [-0.2, -0.15) is 9.78 Å². The van der Waals surface area contributed by atoms with Gasteiger partial charge in [-0.1, -0.05) is 58.5 Å². The number of nitro groups is 1. The molecule has 4 rings (SSSR count). The molecular formula is C26H21BrCl2N4O4. The number of non-ortho nitro benzene ring substituents is 1. The van der Waals surface area contributed by atoms with Crippen LogP contribution in [0.15, 0.2) is 69.0 Å². The van der Waals surface area contributed by atoms with Crippen molar-refractivity contribution in [1.29, 1.82) is 0 Å². The minimum absolute atomic E-state index is 0.0991. The second-order valence-corrected chi connectivity index (χ2v) is 9.92. The Bertz CT molecular complexity index is 1570. The Morgan fingerprint density at radius 1 is 1.16 bits per heavy atom. The van der Waals surface area contributed by atoms with Crippen molar-refractivity contribution in [2.45, 2.75) is 32.8 Å². The Balaban J connectivity index is 1.76. The summed E-state index contributed by atoms with van der Waals surface area (Å²) in [5.41, 5.74) is 1.11. The molecule has 3 aromatic carbocycles. The molecule has 0 fully saturated rings. The van der Waals surface area contributed by atoms with Crippen molar-refractivity contribution in [2.24, 2.45) is 5.10 Å². The van der Waals surface area contributed by atoms with Crippen molar-refractivity contribution in [3.05, 3.63) is 107 Å². The molecule has 11 heteroatoms. The van der Waals surface area contributed by atoms with Gasteiger partial charge in [0.15, 0.2) is 0 Å². The Kier molecular flexibility index (Phi) is 8.58. The molecule has 1 aromatic heterocycles. The van der Waals surface area contributed by atoms with E-state index in [-0.39, 0.29) is 17.9 Å². The van der Waals surface area contributed by atoms with Gasteiger partial charge >= 0.3 is 0 Å². The molecule has 8 nitrogen and oxygen atoms in total. The predicted octanol–water partition coefficient (Wildman–Crippen LogP) is 7.18. The fourth-order valence-electron chi connectivity index (χ4n) is 3.61. The third-order valence-corrected chi connectivity index (χ3v) is 6.62. The topological polar surface area (TPSA) is 99.6 Å². The molecule has 1 heterocycles. The predicted molar refractivity (Wildman–Crippen MR) is 149 cm³/mol. The second-order valence-electron chi connectivity index (χ2n) is 8.16. The van der Waals surface area contributed by atoms with Crippen LogP contribution in [0, 0.1) is 10.1 Å². The summed E-state index contributed by atoms with van der Waals surface area (Å²) in [5, 5.41) is 17.2. The SMILES string of the molecule is CCCCc1nc2ccc(Br)cc2c(=O)n1N=Cc1cc([N+](=O)[O-])ccc1OCc1ccc(Cl)cc1Cl. The van der Waals surface area contributed by atoms with Crippen LogP contribution in [0.5, 0.6) is 5.75 Å². The van der Waals surface area contributed by atoms with Gasteiger partial charge in [-0.15, -0.1) is 0 Å². The van der Waals surface area contributed by atoms with Crippen molar-refractivity contribution in [1.82, 2.24) is 9.66 Å². The van der Waals surface area contributed by atoms with Crippen LogP contribution in [0.3, 0.4) is 0 Å². The first-order chi connectivity index (χ1) is 17.8. The Morgan fingerprint density at radius 3 is 2.70 bits per heavy atom. The van der Waals surface area contributed by atoms with Crippen molar-refractivity contribution in [3.8, 4) is 5.75 Å².